The van der Waals surface area contributed by atoms with Crippen molar-refractivity contribution in [3.8, 4) is 0 Å². The molecule has 1 aliphatic heterocycles. The first-order valence-corrected chi connectivity index (χ1v) is 12.5. The zero-order valence-electron chi connectivity index (χ0n) is 20.3. The Morgan fingerprint density at radius 1 is 0.784 bits per heavy atom. The van der Waals surface area contributed by atoms with E-state index in [1.54, 1.807) is 93.6 Å². The van der Waals surface area contributed by atoms with E-state index in [1.807, 2.05) is 0 Å². The van der Waals surface area contributed by atoms with Gasteiger partial charge in [-0.1, -0.05) is 41.4 Å². The third-order valence-corrected chi connectivity index (χ3v) is 7.26. The van der Waals surface area contributed by atoms with Gasteiger partial charge in [0.15, 0.2) is 11.6 Å². The fraction of sp³-hybridized carbons (Fsp3) is 0.241. The molecule has 3 aromatic carbocycles. The highest BCUT2D eigenvalue weighted by Crippen LogP contribution is 2.67. The number of rotatable bonds is 4. The number of ketones is 2. The molecule has 5 rings (SSSR count). The van der Waals surface area contributed by atoms with Crippen molar-refractivity contribution < 1.29 is 23.9 Å². The van der Waals surface area contributed by atoms with Crippen molar-refractivity contribution in [1.82, 2.24) is 0 Å². The number of fused-ring (bicyclic) bond motifs is 2. The number of halogens is 2. The minimum absolute atomic E-state index is 0.307. The maximum Gasteiger partial charge on any atom is 0.421 e. The minimum atomic E-state index is -1.54. The molecule has 37 heavy (non-hydrogen) atoms. The number of Topliss-reactive ketones (excluding diaryl/α,β-unsaturated/α-hetero) is 2. The molecule has 0 saturated heterocycles. The summed E-state index contributed by atoms with van der Waals surface area (Å²) in [6.07, 6.45) is -0.857. The van der Waals surface area contributed by atoms with Crippen molar-refractivity contribution in [2.45, 2.75) is 31.8 Å². The van der Waals surface area contributed by atoms with E-state index in [-0.39, 0.29) is 11.6 Å². The Bertz CT molecular complexity index is 1380. The molecular weight excluding hydrogens is 513 g/mol. The van der Waals surface area contributed by atoms with Gasteiger partial charge in [-0.2, -0.15) is 0 Å². The first-order valence-electron chi connectivity index (χ1n) is 11.7. The van der Waals surface area contributed by atoms with Gasteiger partial charge in [0.05, 0.1) is 22.9 Å². The fourth-order valence-corrected chi connectivity index (χ4v) is 5.46. The lowest BCUT2D eigenvalue weighted by molar-refractivity contribution is -0.120. The van der Waals surface area contributed by atoms with Gasteiger partial charge in [-0.05, 0) is 80.9 Å². The van der Waals surface area contributed by atoms with E-state index in [0.29, 0.717) is 32.4 Å². The Kier molecular flexibility index (Phi) is 6.00. The van der Waals surface area contributed by atoms with Crippen LogP contribution in [0.15, 0.2) is 72.8 Å². The summed E-state index contributed by atoms with van der Waals surface area (Å²) in [4.78, 5) is 56.0. The van der Waals surface area contributed by atoms with Gasteiger partial charge >= 0.3 is 6.09 Å². The molecule has 6 nitrogen and oxygen atoms in total. The second-order valence-corrected chi connectivity index (χ2v) is 11.1. The molecule has 2 atom stereocenters. The molecule has 2 aliphatic rings. The zero-order chi connectivity index (χ0) is 26.7. The van der Waals surface area contributed by atoms with Crippen LogP contribution < -0.4 is 4.90 Å². The van der Waals surface area contributed by atoms with Crippen LogP contribution in [0.3, 0.4) is 0 Å². The summed E-state index contributed by atoms with van der Waals surface area (Å²) in [5.41, 5.74) is -1.00. The number of imide groups is 1. The number of amides is 2. The molecule has 188 valence electrons. The minimum Gasteiger partial charge on any atom is -0.443 e. The molecule has 1 saturated carbocycles. The highest BCUT2D eigenvalue weighted by atomic mass is 35.5. The van der Waals surface area contributed by atoms with Crippen LogP contribution >= 0.6 is 23.2 Å². The lowest BCUT2D eigenvalue weighted by Gasteiger charge is -2.24. The van der Waals surface area contributed by atoms with Gasteiger partial charge in [-0.15, -0.1) is 0 Å². The fourth-order valence-electron chi connectivity index (χ4n) is 5.21. The molecule has 1 aliphatic carbocycles. The summed E-state index contributed by atoms with van der Waals surface area (Å²) < 4.78 is 5.52. The van der Waals surface area contributed by atoms with Crippen molar-refractivity contribution in [2.75, 3.05) is 4.90 Å². The molecule has 8 heteroatoms. The number of nitrogens with zero attached hydrogens (tertiary/aromatic N) is 1. The van der Waals surface area contributed by atoms with Gasteiger partial charge in [-0.3, -0.25) is 14.4 Å². The SMILES string of the molecule is CC(C)(C)OC(=O)N1C(=O)C2(c3ccccc31)[C@@H](C(=O)c1ccc(Cl)cc1)[C@@H]2C(=O)c1ccc(Cl)cc1. The second-order valence-electron chi connectivity index (χ2n) is 10.2. The number of hydrogen-bond acceptors (Lipinski definition) is 5. The Balaban J connectivity index is 1.65. The molecule has 3 aromatic rings. The topological polar surface area (TPSA) is 80.8 Å². The van der Waals surface area contributed by atoms with E-state index in [1.165, 1.54) is 0 Å². The molecule has 1 spiro atoms. The van der Waals surface area contributed by atoms with E-state index < -0.39 is 34.9 Å². The maximum absolute atomic E-state index is 14.2. The normalized spacial score (nSPS) is 22.1. The molecular formula is C29H23Cl2NO5. The summed E-state index contributed by atoms with van der Waals surface area (Å²) >= 11 is 12.0. The number of para-hydroxylation sites is 1. The molecule has 1 fully saturated rings. The van der Waals surface area contributed by atoms with Crippen molar-refractivity contribution in [3.05, 3.63) is 99.5 Å². The third kappa shape index (κ3) is 4.05. The van der Waals surface area contributed by atoms with Crippen molar-refractivity contribution in [1.29, 1.82) is 0 Å². The summed E-state index contributed by atoms with van der Waals surface area (Å²) in [5.74, 6) is -3.44. The monoisotopic (exact) mass is 535 g/mol. The molecule has 0 N–H and O–H groups in total. The number of anilines is 1. The Morgan fingerprint density at radius 3 is 1.70 bits per heavy atom. The maximum atomic E-state index is 14.2. The van der Waals surface area contributed by atoms with E-state index in [4.69, 9.17) is 27.9 Å². The molecule has 0 radical (unpaired) electrons. The van der Waals surface area contributed by atoms with Gasteiger partial charge in [-0.25, -0.2) is 9.69 Å². The molecule has 0 unspecified atom stereocenters. The summed E-state index contributed by atoms with van der Waals surface area (Å²) in [5, 5.41) is 0.906. The summed E-state index contributed by atoms with van der Waals surface area (Å²) in [7, 11) is 0. The number of carbonyl (C=O) groups excluding carboxylic acids is 4. The molecule has 0 aromatic heterocycles. The number of carbonyl (C=O) groups is 4. The average molecular weight is 536 g/mol. The number of hydrogen-bond donors (Lipinski definition) is 0. The molecule has 0 bridgehead atoms. The lowest BCUT2D eigenvalue weighted by Crippen LogP contribution is -2.42. The third-order valence-electron chi connectivity index (χ3n) is 6.75. The quantitative estimate of drug-likeness (QED) is 0.355. The van der Waals surface area contributed by atoms with Crippen LogP contribution in [0.25, 0.3) is 0 Å². The Labute approximate surface area is 224 Å². The highest BCUT2D eigenvalue weighted by Gasteiger charge is 2.80. The van der Waals surface area contributed by atoms with E-state index in [0.717, 1.165) is 4.90 Å². The van der Waals surface area contributed by atoms with Gasteiger partial charge in [0, 0.05) is 21.2 Å². The first kappa shape index (κ1) is 25.2. The van der Waals surface area contributed by atoms with E-state index >= 15 is 0 Å². The van der Waals surface area contributed by atoms with Crippen LogP contribution in [-0.2, 0) is 14.9 Å². The van der Waals surface area contributed by atoms with Crippen LogP contribution in [0.2, 0.25) is 10.0 Å². The van der Waals surface area contributed by atoms with Gasteiger partial charge < -0.3 is 4.74 Å². The van der Waals surface area contributed by atoms with E-state index in [2.05, 4.69) is 0 Å². The van der Waals surface area contributed by atoms with Crippen molar-refractivity contribution in [3.63, 3.8) is 0 Å². The first-order chi connectivity index (χ1) is 17.5. The predicted octanol–water partition coefficient (Wildman–Crippen LogP) is 6.52. The van der Waals surface area contributed by atoms with Crippen molar-refractivity contribution in [2.24, 2.45) is 11.8 Å². The van der Waals surface area contributed by atoms with Crippen molar-refractivity contribution >= 4 is 52.5 Å². The van der Waals surface area contributed by atoms with Crippen LogP contribution in [0.5, 0.6) is 0 Å². The molecule has 2 amide bonds. The standard InChI is InChI=1S/C29H23Cl2NO5/c1-28(2,3)37-27(36)32-21-7-5-4-6-20(21)29(26(32)35)22(24(33)16-8-12-18(30)13-9-16)23(29)25(34)17-10-14-19(31)15-11-17/h4-15,22-23H,1-3H3/t22-,23-/m1/s1. The second kappa shape index (κ2) is 8.82. The van der Waals surface area contributed by atoms with Crippen LogP contribution in [-0.4, -0.2) is 29.2 Å². The predicted molar refractivity (Wildman–Crippen MR) is 140 cm³/mol. The number of ether oxygens (including phenoxy) is 1. The van der Waals surface area contributed by atoms with Gasteiger partial charge in [0.25, 0.3) is 0 Å². The Hall–Kier alpha value is -3.48. The van der Waals surface area contributed by atoms with Gasteiger partial charge in [0.2, 0.25) is 5.91 Å². The van der Waals surface area contributed by atoms with Crippen LogP contribution in [0.4, 0.5) is 10.5 Å². The average Bonchev–Trinajstić information content (AvgIpc) is 3.47. The van der Waals surface area contributed by atoms with Crippen LogP contribution in [0, 0.1) is 11.8 Å². The van der Waals surface area contributed by atoms with Gasteiger partial charge in [0.1, 0.15) is 5.60 Å². The number of benzene rings is 3. The summed E-state index contributed by atoms with van der Waals surface area (Å²) in [6.45, 7) is 5.10. The molecule has 1 heterocycles. The smallest absolute Gasteiger partial charge is 0.421 e. The Morgan fingerprint density at radius 2 is 1.24 bits per heavy atom. The largest absolute Gasteiger partial charge is 0.443 e. The highest BCUT2D eigenvalue weighted by molar-refractivity contribution is 6.32. The zero-order valence-corrected chi connectivity index (χ0v) is 21.8. The van der Waals surface area contributed by atoms with E-state index in [9.17, 15) is 19.2 Å². The summed E-state index contributed by atoms with van der Waals surface area (Å²) in [6, 6.07) is 19.3. The van der Waals surface area contributed by atoms with Crippen LogP contribution in [0.1, 0.15) is 47.1 Å². The lowest BCUT2D eigenvalue weighted by atomic mass is 9.90.